The number of carbonyl (C=O) groups excluding carboxylic acids is 4. The van der Waals surface area contributed by atoms with Gasteiger partial charge in [-0.3, -0.25) is 29.4 Å². The summed E-state index contributed by atoms with van der Waals surface area (Å²) in [5.41, 5.74) is 3.07. The van der Waals surface area contributed by atoms with Crippen LogP contribution in [0.4, 0.5) is 28.8 Å². The lowest BCUT2D eigenvalue weighted by Crippen LogP contribution is -2.54. The fourth-order valence-corrected chi connectivity index (χ4v) is 9.96. The molecule has 0 bridgehead atoms. The van der Waals surface area contributed by atoms with Crippen molar-refractivity contribution in [2.75, 3.05) is 74.6 Å². The number of amides is 4. The first-order valence-corrected chi connectivity index (χ1v) is 24.3. The zero-order valence-corrected chi connectivity index (χ0v) is 36.8. The Morgan fingerprint density at radius 2 is 1.72 bits per heavy atom. The molecule has 3 aliphatic heterocycles. The Morgan fingerprint density at radius 1 is 0.934 bits per heavy atom. The van der Waals surface area contributed by atoms with E-state index in [1.165, 1.54) is 18.0 Å². The molecule has 3 aliphatic rings. The Labute approximate surface area is 364 Å². The summed E-state index contributed by atoms with van der Waals surface area (Å²) in [6, 6.07) is 18.1. The smallest absolute Gasteiger partial charge is 0.263 e. The van der Waals surface area contributed by atoms with Gasteiger partial charge in [-0.1, -0.05) is 29.8 Å². The minimum Gasteiger partial charge on any atom is -0.494 e. The van der Waals surface area contributed by atoms with Crippen LogP contribution in [0.5, 0.6) is 5.75 Å². The van der Waals surface area contributed by atoms with Crippen molar-refractivity contribution in [2.24, 2.45) is 0 Å². The molecule has 0 spiro atoms. The number of methoxy groups -OCH3 is 1. The molecular formula is C43H50ClN8O7PS. The molecule has 18 heteroatoms. The van der Waals surface area contributed by atoms with Gasteiger partial charge in [0, 0.05) is 66.5 Å². The number of hydrogen-bond acceptors (Lipinski definition) is 14. The third kappa shape index (κ3) is 10.6. The minimum absolute atomic E-state index is 0.0849. The van der Waals surface area contributed by atoms with Crippen LogP contribution in [0.15, 0.2) is 71.8 Å². The van der Waals surface area contributed by atoms with Crippen molar-refractivity contribution in [3.05, 3.63) is 83.0 Å². The highest BCUT2D eigenvalue weighted by Gasteiger charge is 2.45. The molecule has 2 fully saturated rings. The molecule has 3 aromatic carbocycles. The quantitative estimate of drug-likeness (QED) is 0.0371. The SMILES string of the molecule is COc1cc(N2CCC(NCCCOCCCSc3cccc4c3C(=O)N(C3CCC(=O)NC3=O)C4=O)CC2)ccc1Nc1ncc(Cl)c(Nc2ccccc2P(C)(C)=O)n1. The molecule has 4 amide bonds. The minimum atomic E-state index is -2.55. The lowest BCUT2D eigenvalue weighted by atomic mass is 10.0. The first-order valence-electron chi connectivity index (χ1n) is 20.3. The largest absolute Gasteiger partial charge is 0.494 e. The Morgan fingerprint density at radius 3 is 2.49 bits per heavy atom. The second kappa shape index (κ2) is 19.8. The second-order valence-corrected chi connectivity index (χ2v) is 20.1. The predicted molar refractivity (Wildman–Crippen MR) is 239 cm³/mol. The Bertz CT molecular complexity index is 2340. The van der Waals surface area contributed by atoms with Crippen LogP contribution in [-0.2, 0) is 18.9 Å². The van der Waals surface area contributed by atoms with Gasteiger partial charge in [-0.15, -0.1) is 11.8 Å². The zero-order chi connectivity index (χ0) is 43.1. The Hall–Kier alpha value is -4.99. The number of nitrogens with one attached hydrogen (secondary N) is 4. The van der Waals surface area contributed by atoms with Crippen molar-refractivity contribution in [3.8, 4) is 5.75 Å². The van der Waals surface area contributed by atoms with Crippen LogP contribution in [0.2, 0.25) is 5.02 Å². The number of hydrogen-bond donors (Lipinski definition) is 4. The topological polar surface area (TPSA) is 184 Å². The number of nitrogens with zero attached hydrogens (tertiary/aromatic N) is 4. The molecule has 4 aromatic rings. The van der Waals surface area contributed by atoms with Crippen molar-refractivity contribution >= 4 is 88.3 Å². The number of thioether (sulfide) groups is 1. The van der Waals surface area contributed by atoms with Gasteiger partial charge >= 0.3 is 0 Å². The molecule has 0 saturated carbocycles. The van der Waals surface area contributed by atoms with E-state index in [2.05, 4.69) is 42.2 Å². The molecule has 0 radical (unpaired) electrons. The van der Waals surface area contributed by atoms with Gasteiger partial charge in [0.15, 0.2) is 5.82 Å². The number of fused-ring (bicyclic) bond motifs is 1. The number of rotatable bonds is 18. The van der Waals surface area contributed by atoms with Gasteiger partial charge in [-0.25, -0.2) is 4.98 Å². The van der Waals surface area contributed by atoms with Crippen molar-refractivity contribution in [1.29, 1.82) is 0 Å². The van der Waals surface area contributed by atoms with E-state index < -0.39 is 36.8 Å². The van der Waals surface area contributed by atoms with Gasteiger partial charge in [-0.2, -0.15) is 4.98 Å². The van der Waals surface area contributed by atoms with Gasteiger partial charge in [0.25, 0.3) is 11.8 Å². The Kier molecular flexibility index (Phi) is 14.3. The summed E-state index contributed by atoms with van der Waals surface area (Å²) in [5.74, 6) is 0.0747. The van der Waals surface area contributed by atoms with Crippen LogP contribution in [0.1, 0.15) is 59.2 Å². The maximum atomic E-state index is 13.3. The molecule has 1 aromatic heterocycles. The van der Waals surface area contributed by atoms with Crippen molar-refractivity contribution in [2.45, 2.75) is 55.5 Å². The van der Waals surface area contributed by atoms with E-state index in [0.29, 0.717) is 80.2 Å². The summed E-state index contributed by atoms with van der Waals surface area (Å²) in [7, 11) is -0.920. The van der Waals surface area contributed by atoms with Crippen molar-refractivity contribution in [1.82, 2.24) is 25.5 Å². The van der Waals surface area contributed by atoms with E-state index in [0.717, 1.165) is 55.9 Å². The summed E-state index contributed by atoms with van der Waals surface area (Å²) in [5, 5.41) is 13.4. The molecule has 4 N–H and O–H groups in total. The highest BCUT2D eigenvalue weighted by atomic mass is 35.5. The fraction of sp³-hybridized carbons (Fsp3) is 0.395. The molecule has 61 heavy (non-hydrogen) atoms. The first kappa shape index (κ1) is 44.1. The number of para-hydroxylation sites is 1. The maximum Gasteiger partial charge on any atom is 0.263 e. The third-order valence-electron chi connectivity index (χ3n) is 10.8. The normalized spacial score (nSPS) is 17.1. The molecule has 4 heterocycles. The summed E-state index contributed by atoms with van der Waals surface area (Å²) in [6.07, 6.45) is 5.40. The average molecular weight is 889 g/mol. The average Bonchev–Trinajstić information content (AvgIpc) is 3.50. The van der Waals surface area contributed by atoms with Crippen molar-refractivity contribution in [3.63, 3.8) is 0 Å². The number of carbonyl (C=O) groups is 4. The number of ether oxygens (including phenoxy) is 2. The summed E-state index contributed by atoms with van der Waals surface area (Å²) in [4.78, 5) is 63.5. The fourth-order valence-electron chi connectivity index (χ4n) is 7.66. The number of piperidine rings is 2. The van der Waals surface area contributed by atoms with Crippen LogP contribution in [0, 0.1) is 0 Å². The van der Waals surface area contributed by atoms with E-state index in [1.807, 2.05) is 42.5 Å². The van der Waals surface area contributed by atoms with Gasteiger partial charge in [0.05, 0.1) is 35.8 Å². The van der Waals surface area contributed by atoms with Gasteiger partial charge in [0.1, 0.15) is 24.0 Å². The highest BCUT2D eigenvalue weighted by molar-refractivity contribution is 7.99. The molecule has 15 nitrogen and oxygen atoms in total. The van der Waals surface area contributed by atoms with Crippen LogP contribution < -0.4 is 36.2 Å². The standard InChI is InChI=1S/C43H50ClN8O7PS/c1-58-34-25-28(13-14-31(34)48-43-46-26-30(44)39(50-43)47-32-10-4-5-11-35(32)60(2,3)57)51-20-17-27(18-21-51)45-19-7-22-59-23-8-24-61-36-12-6-9-29-38(36)42(56)52(41(29)55)33-15-16-37(53)49-40(33)54/h4-6,9-14,25-27,33,45H,7-8,15-24H2,1-3H3,(H,49,53,54)(H2,46,47,48,50). The number of imide groups is 2. The summed E-state index contributed by atoms with van der Waals surface area (Å²) < 4.78 is 24.5. The number of anilines is 5. The van der Waals surface area contributed by atoms with Gasteiger partial charge < -0.3 is 34.9 Å². The maximum absolute atomic E-state index is 13.3. The molecule has 1 unspecified atom stereocenters. The monoisotopic (exact) mass is 888 g/mol. The van der Waals surface area contributed by atoms with Crippen LogP contribution in [0.25, 0.3) is 0 Å². The molecule has 1 atom stereocenters. The molecule has 2 saturated heterocycles. The van der Waals surface area contributed by atoms with Crippen LogP contribution in [0.3, 0.4) is 0 Å². The molecule has 322 valence electrons. The first-order chi connectivity index (χ1) is 29.4. The van der Waals surface area contributed by atoms with E-state index in [-0.39, 0.29) is 12.8 Å². The number of benzene rings is 3. The van der Waals surface area contributed by atoms with Crippen LogP contribution in [-0.4, -0.2) is 110 Å². The van der Waals surface area contributed by atoms with E-state index >= 15 is 0 Å². The zero-order valence-electron chi connectivity index (χ0n) is 34.4. The van der Waals surface area contributed by atoms with E-state index in [1.54, 1.807) is 32.6 Å². The third-order valence-corrected chi connectivity index (χ3v) is 13.8. The highest BCUT2D eigenvalue weighted by Crippen LogP contribution is 2.39. The predicted octanol–water partition coefficient (Wildman–Crippen LogP) is 6.42. The number of halogens is 1. The van der Waals surface area contributed by atoms with Crippen LogP contribution >= 0.6 is 30.5 Å². The van der Waals surface area contributed by atoms with E-state index in [4.69, 9.17) is 21.1 Å². The summed E-state index contributed by atoms with van der Waals surface area (Å²) >= 11 is 7.95. The molecule has 0 aliphatic carbocycles. The second-order valence-electron chi connectivity index (χ2n) is 15.4. The summed E-state index contributed by atoms with van der Waals surface area (Å²) in [6.45, 7) is 7.33. The lowest BCUT2D eigenvalue weighted by molar-refractivity contribution is -0.136. The molecule has 7 rings (SSSR count). The van der Waals surface area contributed by atoms with Gasteiger partial charge in [-0.05, 0) is 88.4 Å². The van der Waals surface area contributed by atoms with E-state index in [9.17, 15) is 23.7 Å². The number of aromatic nitrogens is 2. The van der Waals surface area contributed by atoms with Crippen molar-refractivity contribution < 1.29 is 33.2 Å². The molecular weight excluding hydrogens is 839 g/mol. The van der Waals surface area contributed by atoms with Gasteiger partial charge in [0.2, 0.25) is 17.8 Å². The Balaban J connectivity index is 0.804. The lowest BCUT2D eigenvalue weighted by Gasteiger charge is -2.34.